The summed E-state index contributed by atoms with van der Waals surface area (Å²) in [5.41, 5.74) is 5.62. The summed E-state index contributed by atoms with van der Waals surface area (Å²) in [5.74, 6) is 0. The molecule has 0 spiro atoms. The number of nitrogens with zero attached hydrogens (tertiary/aromatic N) is 3. The van der Waals surface area contributed by atoms with Crippen molar-refractivity contribution < 1.29 is 9.53 Å². The quantitative estimate of drug-likeness (QED) is 0.686. The second kappa shape index (κ2) is 5.66. The van der Waals surface area contributed by atoms with Gasteiger partial charge in [-0.2, -0.15) is 0 Å². The maximum Gasteiger partial charge on any atom is 0.410 e. The Morgan fingerprint density at radius 2 is 2.00 bits per heavy atom. The number of ether oxygens (including phenoxy) is 1. The second-order valence-electron chi connectivity index (χ2n) is 4.80. The van der Waals surface area contributed by atoms with Crippen LogP contribution in [0.2, 0.25) is 0 Å². The molecule has 0 aromatic carbocycles. The van der Waals surface area contributed by atoms with Crippen LogP contribution in [0.5, 0.6) is 0 Å². The van der Waals surface area contributed by atoms with Crippen LogP contribution in [0.25, 0.3) is 0 Å². The predicted molar refractivity (Wildman–Crippen MR) is 64.8 cm³/mol. The summed E-state index contributed by atoms with van der Waals surface area (Å²) >= 11 is 0. The lowest BCUT2D eigenvalue weighted by Gasteiger charge is -2.33. The van der Waals surface area contributed by atoms with Gasteiger partial charge in [0.05, 0.1) is 6.04 Å². The van der Waals surface area contributed by atoms with Gasteiger partial charge in [-0.15, -0.1) is 0 Å². The van der Waals surface area contributed by atoms with Crippen molar-refractivity contribution in [2.45, 2.75) is 6.04 Å². The number of cyclic esters (lactones) is 1. The van der Waals surface area contributed by atoms with Crippen LogP contribution >= 0.6 is 0 Å². The molecule has 0 aromatic rings. The van der Waals surface area contributed by atoms with Gasteiger partial charge in [0.2, 0.25) is 0 Å². The molecular formula is C11H22N4O2. The first-order valence-electron chi connectivity index (χ1n) is 6.25. The monoisotopic (exact) mass is 242 g/mol. The molecular weight excluding hydrogens is 220 g/mol. The average molecular weight is 242 g/mol. The summed E-state index contributed by atoms with van der Waals surface area (Å²) in [7, 11) is 2.14. The predicted octanol–water partition coefficient (Wildman–Crippen LogP) is -0.987. The number of rotatable bonds is 4. The summed E-state index contributed by atoms with van der Waals surface area (Å²) in [6.07, 6.45) is -0.213. The molecule has 2 saturated heterocycles. The number of hydrogen-bond acceptors (Lipinski definition) is 5. The fourth-order valence-corrected chi connectivity index (χ4v) is 2.28. The molecule has 1 amide bonds. The van der Waals surface area contributed by atoms with E-state index in [1.807, 2.05) is 0 Å². The van der Waals surface area contributed by atoms with Gasteiger partial charge in [-0.3, -0.25) is 9.80 Å². The van der Waals surface area contributed by atoms with Gasteiger partial charge >= 0.3 is 6.09 Å². The van der Waals surface area contributed by atoms with Gasteiger partial charge in [0.15, 0.2) is 0 Å². The first-order valence-corrected chi connectivity index (χ1v) is 6.25. The zero-order valence-corrected chi connectivity index (χ0v) is 10.5. The average Bonchev–Trinajstić information content (AvgIpc) is 2.69. The van der Waals surface area contributed by atoms with E-state index in [-0.39, 0.29) is 12.1 Å². The normalized spacial score (nSPS) is 27.5. The minimum atomic E-state index is -0.213. The van der Waals surface area contributed by atoms with Crippen molar-refractivity contribution in [3.8, 4) is 0 Å². The summed E-state index contributed by atoms with van der Waals surface area (Å²) in [5, 5.41) is 0. The molecule has 2 rings (SSSR count). The summed E-state index contributed by atoms with van der Waals surface area (Å²) < 4.78 is 5.01. The highest BCUT2D eigenvalue weighted by molar-refractivity contribution is 5.70. The fraction of sp³-hybridized carbons (Fsp3) is 0.909. The maximum absolute atomic E-state index is 11.5. The van der Waals surface area contributed by atoms with Crippen LogP contribution in [0.4, 0.5) is 4.79 Å². The minimum absolute atomic E-state index is 0.0648. The highest BCUT2D eigenvalue weighted by atomic mass is 16.6. The standard InChI is InChI=1S/C11H22N4O2/c1-13-2-4-14(5-3-13)6-7-15-10(8-12)9-17-11(15)16/h10H,2-9,12H2,1H3. The van der Waals surface area contributed by atoms with Crippen molar-refractivity contribution in [1.82, 2.24) is 14.7 Å². The Kier molecular flexibility index (Phi) is 4.20. The van der Waals surface area contributed by atoms with Gasteiger partial charge in [-0.1, -0.05) is 0 Å². The highest BCUT2D eigenvalue weighted by Gasteiger charge is 2.31. The smallest absolute Gasteiger partial charge is 0.410 e. The lowest BCUT2D eigenvalue weighted by Crippen LogP contribution is -2.48. The Balaban J connectivity index is 1.75. The van der Waals surface area contributed by atoms with Crippen LogP contribution in [-0.2, 0) is 4.74 Å². The second-order valence-corrected chi connectivity index (χ2v) is 4.80. The Bertz CT molecular complexity index is 266. The van der Waals surface area contributed by atoms with Gasteiger partial charge < -0.3 is 15.4 Å². The van der Waals surface area contributed by atoms with Crippen LogP contribution < -0.4 is 5.73 Å². The van der Waals surface area contributed by atoms with Crippen molar-refractivity contribution in [2.75, 3.05) is 59.5 Å². The molecule has 0 aromatic heterocycles. The topological polar surface area (TPSA) is 62.0 Å². The number of hydrogen-bond donors (Lipinski definition) is 1. The summed E-state index contributed by atoms with van der Waals surface area (Å²) in [6, 6.07) is 0.0648. The van der Waals surface area contributed by atoms with Crippen molar-refractivity contribution in [3.05, 3.63) is 0 Å². The molecule has 17 heavy (non-hydrogen) atoms. The largest absolute Gasteiger partial charge is 0.447 e. The fourth-order valence-electron chi connectivity index (χ4n) is 2.28. The SMILES string of the molecule is CN1CCN(CCN2C(=O)OCC2CN)CC1. The van der Waals surface area contributed by atoms with Crippen LogP contribution in [0.3, 0.4) is 0 Å². The lowest BCUT2D eigenvalue weighted by atomic mass is 10.3. The molecule has 6 heteroatoms. The third kappa shape index (κ3) is 3.08. The lowest BCUT2D eigenvalue weighted by molar-refractivity contribution is 0.130. The third-order valence-corrected chi connectivity index (χ3v) is 3.60. The first kappa shape index (κ1) is 12.6. The van der Waals surface area contributed by atoms with Crippen LogP contribution in [0.15, 0.2) is 0 Å². The zero-order valence-electron chi connectivity index (χ0n) is 10.5. The van der Waals surface area contributed by atoms with Crippen molar-refractivity contribution in [3.63, 3.8) is 0 Å². The molecule has 1 atom stereocenters. The van der Waals surface area contributed by atoms with Crippen LogP contribution in [0, 0.1) is 0 Å². The first-order chi connectivity index (χ1) is 8.20. The van der Waals surface area contributed by atoms with Gasteiger partial charge in [0.1, 0.15) is 6.61 Å². The van der Waals surface area contributed by atoms with Crippen LogP contribution in [-0.4, -0.2) is 86.3 Å². The van der Waals surface area contributed by atoms with E-state index in [1.165, 1.54) is 0 Å². The Morgan fingerprint density at radius 1 is 1.29 bits per heavy atom. The molecule has 1 unspecified atom stereocenters. The van der Waals surface area contributed by atoms with Crippen molar-refractivity contribution in [2.24, 2.45) is 5.73 Å². The van der Waals surface area contributed by atoms with Crippen LogP contribution in [0.1, 0.15) is 0 Å². The molecule has 2 N–H and O–H groups in total. The van der Waals surface area contributed by atoms with Gasteiger partial charge in [-0.05, 0) is 7.05 Å². The number of piperazine rings is 1. The van der Waals surface area contributed by atoms with E-state index in [2.05, 4.69) is 16.8 Å². The van der Waals surface area contributed by atoms with E-state index in [4.69, 9.17) is 10.5 Å². The van der Waals surface area contributed by atoms with Crippen molar-refractivity contribution in [1.29, 1.82) is 0 Å². The molecule has 2 heterocycles. The number of nitrogens with two attached hydrogens (primary N) is 1. The number of amides is 1. The Hall–Kier alpha value is -0.850. The molecule has 0 bridgehead atoms. The van der Waals surface area contributed by atoms with Gasteiger partial charge in [0, 0.05) is 45.8 Å². The van der Waals surface area contributed by atoms with E-state index in [0.29, 0.717) is 13.2 Å². The minimum Gasteiger partial charge on any atom is -0.447 e. The molecule has 0 saturated carbocycles. The van der Waals surface area contributed by atoms with Crippen molar-refractivity contribution >= 4 is 6.09 Å². The molecule has 98 valence electrons. The number of likely N-dealkylation sites (N-methyl/N-ethyl adjacent to an activating group) is 1. The highest BCUT2D eigenvalue weighted by Crippen LogP contribution is 2.11. The molecule has 2 aliphatic heterocycles. The third-order valence-electron chi connectivity index (χ3n) is 3.60. The summed E-state index contributed by atoms with van der Waals surface area (Å²) in [4.78, 5) is 18.0. The van der Waals surface area contributed by atoms with E-state index >= 15 is 0 Å². The maximum atomic E-state index is 11.5. The Morgan fingerprint density at radius 3 is 2.65 bits per heavy atom. The van der Waals surface area contributed by atoms with E-state index in [1.54, 1.807) is 4.90 Å². The molecule has 2 aliphatic rings. The number of carbonyl (C=O) groups is 1. The van der Waals surface area contributed by atoms with Gasteiger partial charge in [-0.25, -0.2) is 4.79 Å². The molecule has 0 radical (unpaired) electrons. The molecule has 2 fully saturated rings. The number of carbonyl (C=O) groups excluding carboxylic acids is 1. The Labute approximate surface area is 102 Å². The zero-order chi connectivity index (χ0) is 12.3. The van der Waals surface area contributed by atoms with E-state index in [0.717, 1.165) is 39.3 Å². The van der Waals surface area contributed by atoms with E-state index < -0.39 is 0 Å². The van der Waals surface area contributed by atoms with Gasteiger partial charge in [0.25, 0.3) is 0 Å². The van der Waals surface area contributed by atoms with E-state index in [9.17, 15) is 4.79 Å². The molecule has 6 nitrogen and oxygen atoms in total. The molecule has 0 aliphatic carbocycles. The summed E-state index contributed by atoms with van der Waals surface area (Å²) in [6.45, 7) is 6.92.